The highest BCUT2D eigenvalue weighted by molar-refractivity contribution is 5.91. The molecule has 1 N–H and O–H groups in total. The Morgan fingerprint density at radius 1 is 1.14 bits per heavy atom. The molecule has 0 heterocycles. The molecule has 22 heavy (non-hydrogen) atoms. The second-order valence-corrected chi connectivity index (χ2v) is 8.32. The van der Waals surface area contributed by atoms with Gasteiger partial charge < -0.3 is 5.11 Å². The van der Waals surface area contributed by atoms with Gasteiger partial charge in [-0.1, -0.05) is 18.4 Å². The molecule has 0 aliphatic heterocycles. The molecule has 3 saturated carbocycles. The number of allylic oxidation sites excluding steroid dienone is 1. The van der Waals surface area contributed by atoms with Crippen molar-refractivity contribution in [2.24, 2.45) is 29.1 Å². The van der Waals surface area contributed by atoms with E-state index in [1.165, 1.54) is 12.0 Å². The molecular weight excluding hydrogens is 272 g/mol. The number of aliphatic hydroxyl groups is 1. The van der Waals surface area contributed by atoms with E-state index in [0.717, 1.165) is 38.5 Å². The van der Waals surface area contributed by atoms with Gasteiger partial charge in [-0.15, -0.1) is 6.42 Å². The van der Waals surface area contributed by atoms with E-state index in [-0.39, 0.29) is 5.41 Å². The van der Waals surface area contributed by atoms with Crippen LogP contribution >= 0.6 is 0 Å². The Morgan fingerprint density at radius 2 is 1.86 bits per heavy atom. The standard InChI is InChI=1S/C20H26O2/c1-3-20(22)11-9-16-15-5-4-13-12-14(21)8-10-19(13,2)17(15)6-7-18(16)20/h1,12,15-18,22H,4-11H2,2H3/t15-,16-,17-,18?,19-,20-/m0/s1. The molecule has 0 spiro atoms. The normalized spacial score (nSPS) is 50.4. The summed E-state index contributed by atoms with van der Waals surface area (Å²) in [5.41, 5.74) is 0.780. The molecule has 4 aliphatic carbocycles. The van der Waals surface area contributed by atoms with Gasteiger partial charge in [0.1, 0.15) is 5.60 Å². The maximum Gasteiger partial charge on any atom is 0.155 e. The molecule has 3 fully saturated rings. The summed E-state index contributed by atoms with van der Waals surface area (Å²) < 4.78 is 0. The lowest BCUT2D eigenvalue weighted by molar-refractivity contribution is -0.117. The number of hydrogen-bond donors (Lipinski definition) is 1. The maximum absolute atomic E-state index is 11.8. The number of rotatable bonds is 0. The first-order valence-corrected chi connectivity index (χ1v) is 8.92. The highest BCUT2D eigenvalue weighted by Gasteiger charge is 2.57. The van der Waals surface area contributed by atoms with E-state index >= 15 is 0 Å². The van der Waals surface area contributed by atoms with E-state index in [1.54, 1.807) is 0 Å². The third kappa shape index (κ3) is 1.81. The fraction of sp³-hybridized carbons (Fsp3) is 0.750. The largest absolute Gasteiger partial charge is 0.377 e. The molecule has 0 bridgehead atoms. The second kappa shape index (κ2) is 4.71. The number of carbonyl (C=O) groups is 1. The van der Waals surface area contributed by atoms with E-state index in [9.17, 15) is 9.90 Å². The molecule has 0 saturated heterocycles. The van der Waals surface area contributed by atoms with E-state index in [2.05, 4.69) is 12.8 Å². The molecule has 4 aliphatic rings. The molecule has 4 rings (SSSR count). The van der Waals surface area contributed by atoms with Crippen LogP contribution in [0.15, 0.2) is 11.6 Å². The third-order valence-corrected chi connectivity index (χ3v) is 7.62. The fourth-order valence-corrected chi connectivity index (χ4v) is 6.43. The summed E-state index contributed by atoms with van der Waals surface area (Å²) in [7, 11) is 0. The molecule has 0 amide bonds. The van der Waals surface area contributed by atoms with Crippen LogP contribution in [0.4, 0.5) is 0 Å². The van der Waals surface area contributed by atoms with Crippen LogP contribution in [0, 0.1) is 41.4 Å². The van der Waals surface area contributed by atoms with Crippen molar-refractivity contribution in [3.05, 3.63) is 11.6 Å². The predicted octanol–water partition coefficient (Wildman–Crippen LogP) is 3.49. The van der Waals surface area contributed by atoms with Gasteiger partial charge in [0.25, 0.3) is 0 Å². The van der Waals surface area contributed by atoms with Crippen molar-refractivity contribution >= 4 is 5.78 Å². The molecule has 0 radical (unpaired) electrons. The molecule has 2 nitrogen and oxygen atoms in total. The van der Waals surface area contributed by atoms with Crippen molar-refractivity contribution in [3.8, 4) is 12.3 Å². The molecule has 1 unspecified atom stereocenters. The minimum atomic E-state index is -0.852. The molecule has 6 atom stereocenters. The summed E-state index contributed by atoms with van der Waals surface area (Å²) in [5.74, 6) is 5.30. The first-order valence-electron chi connectivity index (χ1n) is 8.92. The van der Waals surface area contributed by atoms with Crippen LogP contribution in [0.2, 0.25) is 0 Å². The quantitative estimate of drug-likeness (QED) is 0.695. The lowest BCUT2D eigenvalue weighted by atomic mass is 9.49. The minimum absolute atomic E-state index is 0.221. The van der Waals surface area contributed by atoms with Crippen LogP contribution in [0.3, 0.4) is 0 Å². The lowest BCUT2D eigenvalue weighted by Gasteiger charge is -2.55. The summed E-state index contributed by atoms with van der Waals surface area (Å²) in [6, 6.07) is 0. The zero-order valence-corrected chi connectivity index (χ0v) is 13.5. The minimum Gasteiger partial charge on any atom is -0.377 e. The summed E-state index contributed by atoms with van der Waals surface area (Å²) in [4.78, 5) is 11.8. The van der Waals surface area contributed by atoms with E-state index in [1.807, 2.05) is 6.08 Å². The Labute approximate surface area is 133 Å². The van der Waals surface area contributed by atoms with Crippen molar-refractivity contribution < 1.29 is 9.90 Å². The molecule has 0 aromatic carbocycles. The van der Waals surface area contributed by atoms with Gasteiger partial charge in [0.2, 0.25) is 0 Å². The lowest BCUT2D eigenvalue weighted by Crippen LogP contribution is -2.49. The number of carbonyl (C=O) groups excluding carboxylic acids is 1. The van der Waals surface area contributed by atoms with Crippen molar-refractivity contribution in [1.29, 1.82) is 0 Å². The molecule has 0 aromatic heterocycles. The summed E-state index contributed by atoms with van der Waals surface area (Å²) in [6.07, 6.45) is 15.7. The van der Waals surface area contributed by atoms with Crippen molar-refractivity contribution in [1.82, 2.24) is 0 Å². The maximum atomic E-state index is 11.8. The van der Waals surface area contributed by atoms with Gasteiger partial charge in [0.05, 0.1) is 0 Å². The van der Waals surface area contributed by atoms with Gasteiger partial charge >= 0.3 is 0 Å². The van der Waals surface area contributed by atoms with Gasteiger partial charge in [0, 0.05) is 12.3 Å². The summed E-state index contributed by atoms with van der Waals surface area (Å²) >= 11 is 0. The number of hydrogen-bond acceptors (Lipinski definition) is 2. The Bertz CT molecular complexity index is 583. The monoisotopic (exact) mass is 298 g/mol. The Balaban J connectivity index is 1.66. The van der Waals surface area contributed by atoms with Crippen LogP contribution in [0.5, 0.6) is 0 Å². The molecule has 0 aromatic rings. The Hall–Kier alpha value is -1.07. The van der Waals surface area contributed by atoms with E-state index < -0.39 is 5.60 Å². The molecule has 118 valence electrons. The average molecular weight is 298 g/mol. The van der Waals surface area contributed by atoms with E-state index in [4.69, 9.17) is 6.42 Å². The van der Waals surface area contributed by atoms with Gasteiger partial charge in [-0.2, -0.15) is 0 Å². The number of fused-ring (bicyclic) bond motifs is 5. The topological polar surface area (TPSA) is 37.3 Å². The second-order valence-electron chi connectivity index (χ2n) is 8.32. The van der Waals surface area contributed by atoms with Crippen molar-refractivity contribution in [3.63, 3.8) is 0 Å². The van der Waals surface area contributed by atoms with Gasteiger partial charge in [0.15, 0.2) is 5.78 Å². The van der Waals surface area contributed by atoms with Crippen LogP contribution in [-0.2, 0) is 4.79 Å². The SMILES string of the molecule is C#C[C@]1(O)CC[C@@H]2C1CC[C@H]1[C@H]2CCC2=CC(=O)CC[C@@]21C. The van der Waals surface area contributed by atoms with Crippen LogP contribution in [0.25, 0.3) is 0 Å². The van der Waals surface area contributed by atoms with Crippen molar-refractivity contribution in [2.75, 3.05) is 0 Å². The fourth-order valence-electron chi connectivity index (χ4n) is 6.43. The number of terminal acetylenes is 1. The van der Waals surface area contributed by atoms with Crippen LogP contribution in [-0.4, -0.2) is 16.5 Å². The van der Waals surface area contributed by atoms with Gasteiger partial charge in [-0.25, -0.2) is 0 Å². The van der Waals surface area contributed by atoms with Crippen LogP contribution in [0.1, 0.15) is 58.3 Å². The summed E-state index contributed by atoms with van der Waals surface area (Å²) in [5, 5.41) is 10.7. The Morgan fingerprint density at radius 3 is 2.64 bits per heavy atom. The molecular formula is C20H26O2. The van der Waals surface area contributed by atoms with Gasteiger partial charge in [-0.05, 0) is 74.2 Å². The Kier molecular flexibility index (Phi) is 3.11. The predicted molar refractivity (Wildman–Crippen MR) is 85.9 cm³/mol. The molecule has 2 heteroatoms. The third-order valence-electron chi connectivity index (χ3n) is 7.62. The zero-order valence-electron chi connectivity index (χ0n) is 13.5. The smallest absolute Gasteiger partial charge is 0.155 e. The highest BCUT2D eigenvalue weighted by Crippen LogP contribution is 2.63. The summed E-state index contributed by atoms with van der Waals surface area (Å²) in [6.45, 7) is 2.39. The first-order chi connectivity index (χ1) is 10.5. The van der Waals surface area contributed by atoms with Crippen molar-refractivity contribution in [2.45, 2.75) is 63.9 Å². The highest BCUT2D eigenvalue weighted by atomic mass is 16.3. The average Bonchev–Trinajstić information content (AvgIpc) is 2.86. The van der Waals surface area contributed by atoms with Gasteiger partial charge in [-0.3, -0.25) is 4.79 Å². The zero-order chi connectivity index (χ0) is 15.5. The first kappa shape index (κ1) is 14.5. The number of ketones is 1. The van der Waals surface area contributed by atoms with E-state index in [0.29, 0.717) is 35.9 Å². The van der Waals surface area contributed by atoms with Crippen LogP contribution < -0.4 is 0 Å².